The fourth-order valence-electron chi connectivity index (χ4n) is 1.20. The number of carbonyl (C=O) groups is 1. The first-order chi connectivity index (χ1) is 7.34. The Labute approximate surface area is 90.7 Å². The standard InChI is InChI=1S/C10H11F3N2O/c1-6-7(5-9(16)14-2)3-4-8(15-6)10(11,12)13/h3-4H,5H2,1-2H3,(H,14,16). The van der Waals surface area contributed by atoms with Crippen LogP contribution in [-0.2, 0) is 17.4 Å². The quantitative estimate of drug-likeness (QED) is 0.843. The van der Waals surface area contributed by atoms with E-state index < -0.39 is 11.9 Å². The van der Waals surface area contributed by atoms with Crippen molar-refractivity contribution in [1.29, 1.82) is 0 Å². The van der Waals surface area contributed by atoms with Gasteiger partial charge in [-0.05, 0) is 18.6 Å². The molecule has 0 saturated carbocycles. The zero-order chi connectivity index (χ0) is 12.3. The minimum atomic E-state index is -4.45. The Balaban J connectivity index is 2.96. The van der Waals surface area contributed by atoms with Gasteiger partial charge in [0.1, 0.15) is 5.69 Å². The summed E-state index contributed by atoms with van der Waals surface area (Å²) in [5, 5.41) is 2.40. The number of aromatic nitrogens is 1. The number of nitrogens with zero attached hydrogens (tertiary/aromatic N) is 1. The van der Waals surface area contributed by atoms with E-state index in [-0.39, 0.29) is 18.0 Å². The van der Waals surface area contributed by atoms with Crippen LogP contribution in [0.1, 0.15) is 17.0 Å². The summed E-state index contributed by atoms with van der Waals surface area (Å²) in [6.07, 6.45) is -4.41. The van der Waals surface area contributed by atoms with Crippen LogP contribution in [0.25, 0.3) is 0 Å². The van der Waals surface area contributed by atoms with Crippen molar-refractivity contribution >= 4 is 5.91 Å². The second kappa shape index (κ2) is 4.51. The Morgan fingerprint density at radius 2 is 2.06 bits per heavy atom. The Morgan fingerprint density at radius 1 is 1.44 bits per heavy atom. The van der Waals surface area contributed by atoms with E-state index in [1.54, 1.807) is 0 Å². The minimum Gasteiger partial charge on any atom is -0.359 e. The molecule has 3 nitrogen and oxygen atoms in total. The lowest BCUT2D eigenvalue weighted by molar-refractivity contribution is -0.141. The van der Waals surface area contributed by atoms with Gasteiger partial charge in [-0.25, -0.2) is 4.98 Å². The van der Waals surface area contributed by atoms with Crippen LogP contribution in [0.3, 0.4) is 0 Å². The van der Waals surface area contributed by atoms with Gasteiger partial charge in [-0.1, -0.05) is 6.07 Å². The van der Waals surface area contributed by atoms with Gasteiger partial charge in [0.15, 0.2) is 0 Å². The molecule has 6 heteroatoms. The van der Waals surface area contributed by atoms with Gasteiger partial charge in [0.05, 0.1) is 6.42 Å². The summed E-state index contributed by atoms with van der Waals surface area (Å²) in [7, 11) is 1.47. The fraction of sp³-hybridized carbons (Fsp3) is 0.400. The van der Waals surface area contributed by atoms with Gasteiger partial charge >= 0.3 is 6.18 Å². The zero-order valence-electron chi connectivity index (χ0n) is 8.85. The lowest BCUT2D eigenvalue weighted by atomic mass is 10.1. The van der Waals surface area contributed by atoms with Crippen LogP contribution in [0.15, 0.2) is 12.1 Å². The molecule has 1 amide bonds. The molecule has 0 unspecified atom stereocenters. The molecule has 0 aliphatic heterocycles. The highest BCUT2D eigenvalue weighted by atomic mass is 19.4. The molecule has 0 aliphatic rings. The number of amides is 1. The number of halogens is 3. The molecule has 0 aliphatic carbocycles. The van der Waals surface area contributed by atoms with Crippen LogP contribution in [0.4, 0.5) is 13.2 Å². The maximum Gasteiger partial charge on any atom is 0.433 e. The fourth-order valence-corrected chi connectivity index (χ4v) is 1.20. The lowest BCUT2D eigenvalue weighted by Gasteiger charge is -2.09. The van der Waals surface area contributed by atoms with Crippen molar-refractivity contribution in [3.05, 3.63) is 29.1 Å². The molecule has 0 bridgehead atoms. The second-order valence-corrected chi connectivity index (χ2v) is 3.29. The molecule has 1 rings (SSSR count). The number of pyridine rings is 1. The molecule has 1 aromatic rings. The van der Waals surface area contributed by atoms with E-state index in [1.807, 2.05) is 0 Å². The van der Waals surface area contributed by atoms with E-state index in [2.05, 4.69) is 10.3 Å². The molecule has 0 atom stereocenters. The summed E-state index contributed by atoms with van der Waals surface area (Å²) in [4.78, 5) is 14.5. The van der Waals surface area contributed by atoms with Crippen molar-refractivity contribution in [1.82, 2.24) is 10.3 Å². The van der Waals surface area contributed by atoms with Crippen molar-refractivity contribution in [3.8, 4) is 0 Å². The molecule has 0 radical (unpaired) electrons. The monoisotopic (exact) mass is 232 g/mol. The Bertz CT molecular complexity index is 402. The van der Waals surface area contributed by atoms with E-state index in [4.69, 9.17) is 0 Å². The first-order valence-corrected chi connectivity index (χ1v) is 4.59. The maximum absolute atomic E-state index is 12.3. The van der Waals surface area contributed by atoms with E-state index in [0.29, 0.717) is 5.56 Å². The molecule has 88 valence electrons. The average molecular weight is 232 g/mol. The Morgan fingerprint density at radius 3 is 2.50 bits per heavy atom. The summed E-state index contributed by atoms with van der Waals surface area (Å²) in [5.74, 6) is -0.260. The van der Waals surface area contributed by atoms with Crippen LogP contribution in [0.5, 0.6) is 0 Å². The number of hydrogen-bond acceptors (Lipinski definition) is 2. The largest absolute Gasteiger partial charge is 0.433 e. The number of aryl methyl sites for hydroxylation is 1. The number of likely N-dealkylation sites (N-methyl/N-ethyl adjacent to an activating group) is 1. The summed E-state index contributed by atoms with van der Waals surface area (Å²) in [6, 6.07) is 2.16. The van der Waals surface area contributed by atoms with Gasteiger partial charge < -0.3 is 5.32 Å². The molecule has 16 heavy (non-hydrogen) atoms. The molecule has 1 aromatic heterocycles. The van der Waals surface area contributed by atoms with Crippen LogP contribution >= 0.6 is 0 Å². The number of rotatable bonds is 2. The smallest absolute Gasteiger partial charge is 0.359 e. The van der Waals surface area contributed by atoms with E-state index in [1.165, 1.54) is 20.0 Å². The van der Waals surface area contributed by atoms with Crippen LogP contribution in [-0.4, -0.2) is 17.9 Å². The van der Waals surface area contributed by atoms with Crippen molar-refractivity contribution in [2.75, 3.05) is 7.05 Å². The SMILES string of the molecule is CNC(=O)Cc1ccc(C(F)(F)F)nc1C. The Hall–Kier alpha value is -1.59. The second-order valence-electron chi connectivity index (χ2n) is 3.29. The number of nitrogens with one attached hydrogen (secondary N) is 1. The molecule has 1 heterocycles. The first-order valence-electron chi connectivity index (χ1n) is 4.59. The van der Waals surface area contributed by atoms with Gasteiger partial charge in [-0.2, -0.15) is 13.2 Å². The normalized spacial score (nSPS) is 11.3. The topological polar surface area (TPSA) is 42.0 Å². The average Bonchev–Trinajstić information content (AvgIpc) is 2.19. The molecule has 0 saturated heterocycles. The predicted octanol–water partition coefficient (Wildman–Crippen LogP) is 1.70. The number of carbonyl (C=O) groups excluding carboxylic acids is 1. The summed E-state index contributed by atoms with van der Waals surface area (Å²) < 4.78 is 36.9. The third kappa shape index (κ3) is 2.95. The Kier molecular flexibility index (Phi) is 3.51. The summed E-state index contributed by atoms with van der Waals surface area (Å²) >= 11 is 0. The maximum atomic E-state index is 12.3. The summed E-state index contributed by atoms with van der Waals surface area (Å²) in [6.45, 7) is 1.45. The molecular weight excluding hydrogens is 221 g/mol. The highest BCUT2D eigenvalue weighted by molar-refractivity contribution is 5.78. The molecule has 0 aromatic carbocycles. The molecule has 1 N–H and O–H groups in total. The minimum absolute atomic E-state index is 0.0352. The van der Waals surface area contributed by atoms with Crippen molar-refractivity contribution < 1.29 is 18.0 Å². The third-order valence-corrected chi connectivity index (χ3v) is 2.12. The van der Waals surface area contributed by atoms with Crippen molar-refractivity contribution in [2.45, 2.75) is 19.5 Å². The molecular formula is C10H11F3N2O. The van der Waals surface area contributed by atoms with Gasteiger partial charge in [0, 0.05) is 12.7 Å². The van der Waals surface area contributed by atoms with Crippen LogP contribution in [0, 0.1) is 6.92 Å². The highest BCUT2D eigenvalue weighted by Crippen LogP contribution is 2.28. The molecule has 0 spiro atoms. The van der Waals surface area contributed by atoms with E-state index >= 15 is 0 Å². The van der Waals surface area contributed by atoms with Crippen molar-refractivity contribution in [3.63, 3.8) is 0 Å². The van der Waals surface area contributed by atoms with Gasteiger partial charge in [0.25, 0.3) is 0 Å². The van der Waals surface area contributed by atoms with Gasteiger partial charge in [-0.3, -0.25) is 4.79 Å². The highest BCUT2D eigenvalue weighted by Gasteiger charge is 2.32. The van der Waals surface area contributed by atoms with E-state index in [9.17, 15) is 18.0 Å². The van der Waals surface area contributed by atoms with Crippen molar-refractivity contribution in [2.24, 2.45) is 0 Å². The molecule has 0 fully saturated rings. The van der Waals surface area contributed by atoms with Crippen LogP contribution in [0.2, 0.25) is 0 Å². The van der Waals surface area contributed by atoms with Gasteiger partial charge in [0.2, 0.25) is 5.91 Å². The number of hydrogen-bond donors (Lipinski definition) is 1. The predicted molar refractivity (Wildman–Crippen MR) is 51.7 cm³/mol. The van der Waals surface area contributed by atoms with Gasteiger partial charge in [-0.15, -0.1) is 0 Å². The van der Waals surface area contributed by atoms with Crippen LogP contribution < -0.4 is 5.32 Å². The third-order valence-electron chi connectivity index (χ3n) is 2.12. The number of alkyl halides is 3. The van der Waals surface area contributed by atoms with E-state index in [0.717, 1.165) is 6.07 Å². The summed E-state index contributed by atoms with van der Waals surface area (Å²) in [5.41, 5.74) is -0.226. The lowest BCUT2D eigenvalue weighted by Crippen LogP contribution is -2.21. The first kappa shape index (κ1) is 12.5. The zero-order valence-corrected chi connectivity index (χ0v) is 8.85.